The molecule has 1 fully saturated rings. The lowest BCUT2D eigenvalue weighted by atomic mass is 9.88. The monoisotopic (exact) mass is 331 g/mol. The Morgan fingerprint density at radius 3 is 1.95 bits per heavy atom. The van der Waals surface area contributed by atoms with Gasteiger partial charge in [0, 0.05) is 15.9 Å². The molecule has 0 atom stereocenters. The highest BCUT2D eigenvalue weighted by Gasteiger charge is 2.49. The fraction of sp³-hybridized carbons (Fsp3) is 0.267. The molecule has 0 aliphatic heterocycles. The van der Waals surface area contributed by atoms with E-state index in [1.807, 2.05) is 0 Å². The molecule has 2 aromatic rings. The van der Waals surface area contributed by atoms with Gasteiger partial charge in [0.15, 0.2) is 0 Å². The van der Waals surface area contributed by atoms with Gasteiger partial charge in [-0.3, -0.25) is 4.98 Å². The first-order valence-electron chi connectivity index (χ1n) is 6.48. The Balaban J connectivity index is 1.94. The van der Waals surface area contributed by atoms with Gasteiger partial charge in [-0.15, -0.1) is 0 Å². The van der Waals surface area contributed by atoms with Crippen LogP contribution in [0.25, 0.3) is 0 Å². The SMILES string of the molecule is Fc1cncc(F)c1C1(c2ccc(SC(F)(F)F)cc2)CC1. The first kappa shape index (κ1) is 15.3. The fourth-order valence-corrected chi connectivity index (χ4v) is 3.19. The molecule has 1 aromatic carbocycles. The highest BCUT2D eigenvalue weighted by molar-refractivity contribution is 8.00. The van der Waals surface area contributed by atoms with Crippen molar-refractivity contribution in [2.24, 2.45) is 0 Å². The molecule has 0 saturated heterocycles. The lowest BCUT2D eigenvalue weighted by molar-refractivity contribution is -0.0328. The second kappa shape index (κ2) is 5.22. The van der Waals surface area contributed by atoms with Gasteiger partial charge >= 0.3 is 5.51 Å². The van der Waals surface area contributed by atoms with E-state index >= 15 is 0 Å². The number of pyridine rings is 1. The third kappa shape index (κ3) is 2.82. The van der Waals surface area contributed by atoms with E-state index in [9.17, 15) is 22.0 Å². The van der Waals surface area contributed by atoms with E-state index in [2.05, 4.69) is 4.98 Å². The predicted molar refractivity (Wildman–Crippen MR) is 72.5 cm³/mol. The summed E-state index contributed by atoms with van der Waals surface area (Å²) < 4.78 is 64.8. The number of aromatic nitrogens is 1. The summed E-state index contributed by atoms with van der Waals surface area (Å²) in [6.07, 6.45) is 3.01. The summed E-state index contributed by atoms with van der Waals surface area (Å²) in [4.78, 5) is 3.50. The van der Waals surface area contributed by atoms with E-state index in [0.29, 0.717) is 18.4 Å². The van der Waals surface area contributed by atoms with E-state index in [0.717, 1.165) is 12.4 Å². The summed E-state index contributed by atoms with van der Waals surface area (Å²) in [6, 6.07) is 5.65. The highest BCUT2D eigenvalue weighted by atomic mass is 32.2. The van der Waals surface area contributed by atoms with Crippen LogP contribution in [0.5, 0.6) is 0 Å². The van der Waals surface area contributed by atoms with Crippen molar-refractivity contribution in [1.29, 1.82) is 0 Å². The van der Waals surface area contributed by atoms with Crippen molar-refractivity contribution in [2.45, 2.75) is 28.7 Å². The lowest BCUT2D eigenvalue weighted by Crippen LogP contribution is -2.14. The minimum atomic E-state index is -4.36. The van der Waals surface area contributed by atoms with Crippen LogP contribution < -0.4 is 0 Å². The molecule has 0 amide bonds. The summed E-state index contributed by atoms with van der Waals surface area (Å²) in [5, 5.41) is 0. The zero-order valence-electron chi connectivity index (χ0n) is 11.1. The normalized spacial score (nSPS) is 16.6. The van der Waals surface area contributed by atoms with Crippen molar-refractivity contribution in [3.63, 3.8) is 0 Å². The van der Waals surface area contributed by atoms with E-state index < -0.39 is 22.6 Å². The number of thioether (sulfide) groups is 1. The third-order valence-corrected chi connectivity index (χ3v) is 4.46. The third-order valence-electron chi connectivity index (χ3n) is 3.72. The molecule has 1 aromatic heterocycles. The fourth-order valence-electron chi connectivity index (χ4n) is 2.65. The summed E-state index contributed by atoms with van der Waals surface area (Å²) in [6.45, 7) is 0. The number of hydrogen-bond donors (Lipinski definition) is 0. The van der Waals surface area contributed by atoms with Crippen molar-refractivity contribution >= 4 is 11.8 Å². The number of rotatable bonds is 3. The van der Waals surface area contributed by atoms with Crippen molar-refractivity contribution in [3.8, 4) is 0 Å². The van der Waals surface area contributed by atoms with Gasteiger partial charge in [0.05, 0.1) is 12.4 Å². The topological polar surface area (TPSA) is 12.9 Å². The molecule has 0 spiro atoms. The molecule has 1 heterocycles. The van der Waals surface area contributed by atoms with Crippen molar-refractivity contribution in [3.05, 3.63) is 59.4 Å². The van der Waals surface area contributed by atoms with Gasteiger partial charge in [-0.1, -0.05) is 12.1 Å². The van der Waals surface area contributed by atoms with Gasteiger partial charge in [0.25, 0.3) is 0 Å². The molecule has 1 aliphatic rings. The number of alkyl halides is 3. The number of benzene rings is 1. The second-order valence-corrected chi connectivity index (χ2v) is 6.27. The lowest BCUT2D eigenvalue weighted by Gasteiger charge is -2.18. The van der Waals surface area contributed by atoms with E-state index in [4.69, 9.17) is 0 Å². The zero-order chi connectivity index (χ0) is 16.0. The molecule has 7 heteroatoms. The molecule has 1 saturated carbocycles. The van der Waals surface area contributed by atoms with Crippen LogP contribution in [-0.4, -0.2) is 10.5 Å². The Labute approximate surface area is 127 Å². The van der Waals surface area contributed by atoms with Crippen molar-refractivity contribution < 1.29 is 22.0 Å². The van der Waals surface area contributed by atoms with Gasteiger partial charge in [0.2, 0.25) is 0 Å². The summed E-state index contributed by atoms with van der Waals surface area (Å²) in [5.74, 6) is -1.46. The van der Waals surface area contributed by atoms with E-state index in [-0.39, 0.29) is 22.2 Å². The van der Waals surface area contributed by atoms with Gasteiger partial charge < -0.3 is 0 Å². The molecule has 22 heavy (non-hydrogen) atoms. The zero-order valence-corrected chi connectivity index (χ0v) is 11.9. The van der Waals surface area contributed by atoms with Crippen LogP contribution in [0.2, 0.25) is 0 Å². The number of hydrogen-bond acceptors (Lipinski definition) is 2. The maximum absolute atomic E-state index is 13.9. The summed E-state index contributed by atoms with van der Waals surface area (Å²) in [7, 11) is 0. The first-order chi connectivity index (χ1) is 10.3. The number of nitrogens with zero attached hydrogens (tertiary/aromatic N) is 1. The van der Waals surface area contributed by atoms with Crippen LogP contribution in [0.3, 0.4) is 0 Å². The molecule has 3 rings (SSSR count). The Bertz CT molecular complexity index is 672. The molecular weight excluding hydrogens is 321 g/mol. The number of halogens is 5. The van der Waals surface area contributed by atoms with Gasteiger partial charge in [0.1, 0.15) is 11.6 Å². The second-order valence-electron chi connectivity index (χ2n) is 5.13. The quantitative estimate of drug-likeness (QED) is 0.576. The standard InChI is InChI=1S/C15H10F5NS/c16-11-7-21-8-12(17)13(11)14(5-6-14)9-1-3-10(4-2-9)22-15(18,19)20/h1-4,7-8H,5-6H2. The largest absolute Gasteiger partial charge is 0.446 e. The van der Waals surface area contributed by atoms with Crippen LogP contribution in [0.4, 0.5) is 22.0 Å². The Morgan fingerprint density at radius 1 is 0.955 bits per heavy atom. The minimum absolute atomic E-state index is 0.0442. The molecule has 116 valence electrons. The Morgan fingerprint density at radius 2 is 1.50 bits per heavy atom. The summed E-state index contributed by atoms with van der Waals surface area (Å²) >= 11 is -0.216. The van der Waals surface area contributed by atoms with Crippen LogP contribution >= 0.6 is 11.8 Å². The molecule has 1 aliphatic carbocycles. The first-order valence-corrected chi connectivity index (χ1v) is 7.29. The van der Waals surface area contributed by atoms with E-state index in [1.54, 1.807) is 0 Å². The van der Waals surface area contributed by atoms with E-state index in [1.165, 1.54) is 24.3 Å². The van der Waals surface area contributed by atoms with Gasteiger partial charge in [-0.25, -0.2) is 8.78 Å². The van der Waals surface area contributed by atoms with Crippen LogP contribution in [-0.2, 0) is 5.41 Å². The maximum Gasteiger partial charge on any atom is 0.446 e. The molecule has 0 radical (unpaired) electrons. The van der Waals surface area contributed by atoms with Crippen LogP contribution in [0.1, 0.15) is 24.0 Å². The van der Waals surface area contributed by atoms with Gasteiger partial charge in [-0.2, -0.15) is 13.2 Å². The highest BCUT2D eigenvalue weighted by Crippen LogP contribution is 2.55. The molecule has 0 N–H and O–H groups in total. The Kier molecular flexibility index (Phi) is 3.63. The maximum atomic E-state index is 13.9. The van der Waals surface area contributed by atoms with Crippen LogP contribution in [0.15, 0.2) is 41.6 Å². The summed E-state index contributed by atoms with van der Waals surface area (Å²) in [5.41, 5.74) is -4.59. The minimum Gasteiger partial charge on any atom is -0.259 e. The predicted octanol–water partition coefficient (Wildman–Crippen LogP) is 5.05. The molecule has 0 bridgehead atoms. The van der Waals surface area contributed by atoms with Crippen molar-refractivity contribution in [2.75, 3.05) is 0 Å². The molecule has 1 nitrogen and oxygen atoms in total. The molecule has 0 unspecified atom stereocenters. The average molecular weight is 331 g/mol. The van der Waals surface area contributed by atoms with Gasteiger partial charge in [-0.05, 0) is 42.3 Å². The molecular formula is C15H10F5NS. The Hall–Kier alpha value is -1.63. The smallest absolute Gasteiger partial charge is 0.259 e. The average Bonchev–Trinajstić information content (AvgIpc) is 3.19. The van der Waals surface area contributed by atoms with Crippen LogP contribution in [0, 0.1) is 11.6 Å². The van der Waals surface area contributed by atoms with Crippen molar-refractivity contribution in [1.82, 2.24) is 4.98 Å².